The first-order valence-corrected chi connectivity index (χ1v) is 12.3. The van der Waals surface area contributed by atoms with Crippen LogP contribution in [0.25, 0.3) is 22.2 Å². The summed E-state index contributed by atoms with van der Waals surface area (Å²) in [5.74, 6) is -0.0896. The first-order chi connectivity index (χ1) is 17.6. The van der Waals surface area contributed by atoms with E-state index in [1.165, 1.54) is 12.1 Å². The monoisotopic (exact) mass is 503 g/mol. The number of nitrogens with zero attached hydrogens (tertiary/aromatic N) is 3. The molecule has 0 bridgehead atoms. The number of alkyl halides is 3. The zero-order valence-corrected chi connectivity index (χ0v) is 21.1. The lowest BCUT2D eigenvalue weighted by Gasteiger charge is -2.36. The normalized spacial score (nSPS) is 14.3. The Balaban J connectivity index is 1.45. The Morgan fingerprint density at radius 2 is 1.54 bits per heavy atom. The van der Waals surface area contributed by atoms with E-state index in [1.807, 2.05) is 49.9 Å². The second-order valence-corrected chi connectivity index (χ2v) is 9.72. The van der Waals surface area contributed by atoms with E-state index in [4.69, 9.17) is 4.98 Å². The Morgan fingerprint density at radius 1 is 0.838 bits per heavy atom. The molecule has 0 spiro atoms. The molecule has 1 aromatic heterocycles. The smallest absolute Gasteiger partial charge is 0.368 e. The third-order valence-corrected chi connectivity index (χ3v) is 6.97. The molecule has 1 aliphatic heterocycles. The Hall–Kier alpha value is -3.87. The Labute approximate surface area is 214 Å². The molecule has 1 fully saturated rings. The van der Waals surface area contributed by atoms with Crippen LogP contribution < -0.4 is 4.90 Å². The van der Waals surface area contributed by atoms with Crippen LogP contribution in [0.15, 0.2) is 66.7 Å². The first kappa shape index (κ1) is 24.8. The van der Waals surface area contributed by atoms with Gasteiger partial charge in [0.25, 0.3) is 5.91 Å². The number of rotatable bonds is 3. The molecule has 4 nitrogen and oxygen atoms in total. The average molecular weight is 504 g/mol. The van der Waals surface area contributed by atoms with Crippen molar-refractivity contribution in [2.45, 2.75) is 26.9 Å². The van der Waals surface area contributed by atoms with Crippen molar-refractivity contribution in [3.8, 4) is 11.3 Å². The van der Waals surface area contributed by atoms with E-state index >= 15 is 0 Å². The van der Waals surface area contributed by atoms with Crippen molar-refractivity contribution in [2.24, 2.45) is 0 Å². The molecule has 0 saturated carbocycles. The number of hydrogen-bond acceptors (Lipinski definition) is 3. The summed E-state index contributed by atoms with van der Waals surface area (Å²) in [7, 11) is 0. The van der Waals surface area contributed by atoms with Gasteiger partial charge in [0.1, 0.15) is 0 Å². The molecule has 0 N–H and O–H groups in total. The molecule has 0 atom stereocenters. The number of carbonyl (C=O) groups excluding carboxylic acids is 1. The Morgan fingerprint density at radius 3 is 2.27 bits per heavy atom. The van der Waals surface area contributed by atoms with Gasteiger partial charge < -0.3 is 9.80 Å². The number of aryl methyl sites for hydroxylation is 3. The fourth-order valence-electron chi connectivity index (χ4n) is 4.88. The molecule has 7 heteroatoms. The molecule has 4 aromatic rings. The maximum atomic E-state index is 13.8. The summed E-state index contributed by atoms with van der Waals surface area (Å²) in [5, 5.41) is 0.805. The van der Waals surface area contributed by atoms with E-state index < -0.39 is 11.7 Å². The molecule has 5 rings (SSSR count). The van der Waals surface area contributed by atoms with Crippen molar-refractivity contribution >= 4 is 22.5 Å². The van der Waals surface area contributed by atoms with E-state index in [0.717, 1.165) is 44.9 Å². The minimum atomic E-state index is -4.39. The Bertz CT molecular complexity index is 1490. The van der Waals surface area contributed by atoms with Gasteiger partial charge in [-0.1, -0.05) is 35.4 Å². The van der Waals surface area contributed by atoms with Crippen LogP contribution in [0.5, 0.6) is 0 Å². The second kappa shape index (κ2) is 9.54. The van der Waals surface area contributed by atoms with Crippen LogP contribution in [0.3, 0.4) is 0 Å². The SMILES string of the molecule is Cc1ccc(C)c(-c2cc(C(=O)N3CCN(c4cccc(C(F)(F)F)c4)CC3)c3cc(C)ccc3n2)c1. The number of aromatic nitrogens is 1. The van der Waals surface area contributed by atoms with Gasteiger partial charge in [-0.15, -0.1) is 0 Å². The highest BCUT2D eigenvalue weighted by Gasteiger charge is 2.31. The minimum Gasteiger partial charge on any atom is -0.368 e. The number of hydrogen-bond donors (Lipinski definition) is 0. The number of piperazine rings is 1. The Kier molecular flexibility index (Phi) is 6.40. The van der Waals surface area contributed by atoms with E-state index in [2.05, 4.69) is 18.2 Å². The topological polar surface area (TPSA) is 36.4 Å². The summed E-state index contributed by atoms with van der Waals surface area (Å²) in [4.78, 5) is 22.4. The van der Waals surface area contributed by atoms with Gasteiger partial charge in [0.05, 0.1) is 22.3 Å². The van der Waals surface area contributed by atoms with Gasteiger partial charge in [-0.05, 0) is 68.8 Å². The predicted molar refractivity (Wildman–Crippen MR) is 141 cm³/mol. The molecule has 2 heterocycles. The average Bonchev–Trinajstić information content (AvgIpc) is 2.89. The highest BCUT2D eigenvalue weighted by molar-refractivity contribution is 6.07. The van der Waals surface area contributed by atoms with Gasteiger partial charge in [-0.2, -0.15) is 13.2 Å². The molecule has 0 radical (unpaired) electrons. The molecule has 1 aliphatic rings. The quantitative estimate of drug-likeness (QED) is 0.308. The molecule has 1 amide bonds. The van der Waals surface area contributed by atoms with Crippen LogP contribution in [0.4, 0.5) is 18.9 Å². The first-order valence-electron chi connectivity index (χ1n) is 12.3. The lowest BCUT2D eigenvalue weighted by atomic mass is 9.98. The molecular weight excluding hydrogens is 475 g/mol. The van der Waals surface area contributed by atoms with Gasteiger partial charge in [0.15, 0.2) is 0 Å². The number of anilines is 1. The van der Waals surface area contributed by atoms with Gasteiger partial charge in [-0.3, -0.25) is 4.79 Å². The van der Waals surface area contributed by atoms with Crippen molar-refractivity contribution in [3.05, 3.63) is 94.5 Å². The minimum absolute atomic E-state index is 0.0896. The third-order valence-electron chi connectivity index (χ3n) is 6.97. The van der Waals surface area contributed by atoms with Gasteiger partial charge >= 0.3 is 6.18 Å². The highest BCUT2D eigenvalue weighted by Crippen LogP contribution is 2.33. The highest BCUT2D eigenvalue weighted by atomic mass is 19.4. The second-order valence-electron chi connectivity index (χ2n) is 9.72. The number of fused-ring (bicyclic) bond motifs is 1. The lowest BCUT2D eigenvalue weighted by molar-refractivity contribution is -0.137. The molecule has 0 unspecified atom stereocenters. The van der Waals surface area contributed by atoms with E-state index in [-0.39, 0.29) is 5.91 Å². The van der Waals surface area contributed by atoms with Gasteiger partial charge in [-0.25, -0.2) is 4.98 Å². The number of amides is 1. The number of carbonyl (C=O) groups is 1. The molecular formula is C30H28F3N3O. The van der Waals surface area contributed by atoms with Crippen molar-refractivity contribution in [2.75, 3.05) is 31.1 Å². The summed E-state index contributed by atoms with van der Waals surface area (Å²) in [5.41, 5.74) is 6.19. The largest absolute Gasteiger partial charge is 0.416 e. The maximum absolute atomic E-state index is 13.8. The maximum Gasteiger partial charge on any atom is 0.416 e. The van der Waals surface area contributed by atoms with E-state index in [0.29, 0.717) is 37.4 Å². The standard InChI is InChI=1S/C30H28F3N3O/c1-19-7-9-21(3)24(15-19)28-18-26(25-16-20(2)8-10-27(25)34-28)29(37)36-13-11-35(12-14-36)23-6-4-5-22(17-23)30(31,32)33/h4-10,15-18H,11-14H2,1-3H3. The zero-order valence-electron chi connectivity index (χ0n) is 21.1. The zero-order chi connectivity index (χ0) is 26.3. The van der Waals surface area contributed by atoms with Gasteiger partial charge in [0, 0.05) is 42.8 Å². The van der Waals surface area contributed by atoms with E-state index in [9.17, 15) is 18.0 Å². The third kappa shape index (κ3) is 5.03. The van der Waals surface area contributed by atoms with Crippen molar-refractivity contribution < 1.29 is 18.0 Å². The van der Waals surface area contributed by atoms with Crippen LogP contribution in [0.2, 0.25) is 0 Å². The number of benzene rings is 3. The van der Waals surface area contributed by atoms with Crippen LogP contribution in [-0.2, 0) is 6.18 Å². The van der Waals surface area contributed by atoms with Crippen molar-refractivity contribution in [1.29, 1.82) is 0 Å². The summed E-state index contributed by atoms with van der Waals surface area (Å²) in [6.07, 6.45) is -4.39. The fourth-order valence-corrected chi connectivity index (χ4v) is 4.88. The van der Waals surface area contributed by atoms with Crippen LogP contribution in [0.1, 0.15) is 32.6 Å². The summed E-state index contributed by atoms with van der Waals surface area (Å²) >= 11 is 0. The molecule has 1 saturated heterocycles. The predicted octanol–water partition coefficient (Wildman–Crippen LogP) is 6.81. The lowest BCUT2D eigenvalue weighted by Crippen LogP contribution is -2.48. The summed E-state index contributed by atoms with van der Waals surface area (Å²) in [6.45, 7) is 7.80. The van der Waals surface area contributed by atoms with Crippen LogP contribution >= 0.6 is 0 Å². The van der Waals surface area contributed by atoms with Gasteiger partial charge in [0.2, 0.25) is 0 Å². The van der Waals surface area contributed by atoms with Crippen molar-refractivity contribution in [3.63, 3.8) is 0 Å². The summed E-state index contributed by atoms with van der Waals surface area (Å²) in [6, 6.07) is 19.4. The molecule has 37 heavy (non-hydrogen) atoms. The number of halogens is 3. The van der Waals surface area contributed by atoms with Crippen LogP contribution in [0, 0.1) is 20.8 Å². The van der Waals surface area contributed by atoms with E-state index in [1.54, 1.807) is 11.0 Å². The molecule has 3 aromatic carbocycles. The molecule has 190 valence electrons. The fraction of sp³-hybridized carbons (Fsp3) is 0.267. The molecule has 0 aliphatic carbocycles. The van der Waals surface area contributed by atoms with Crippen LogP contribution in [-0.4, -0.2) is 42.0 Å². The number of pyridine rings is 1. The van der Waals surface area contributed by atoms with Crippen molar-refractivity contribution in [1.82, 2.24) is 9.88 Å². The summed E-state index contributed by atoms with van der Waals surface area (Å²) < 4.78 is 39.5.